The summed E-state index contributed by atoms with van der Waals surface area (Å²) in [6.45, 7) is 3.28. The van der Waals surface area contributed by atoms with E-state index in [0.717, 1.165) is 31.2 Å². The molecule has 5 heteroatoms. The lowest BCUT2D eigenvalue weighted by Gasteiger charge is -2.52. The van der Waals surface area contributed by atoms with E-state index in [1.807, 2.05) is 12.3 Å². The van der Waals surface area contributed by atoms with Crippen molar-refractivity contribution in [3.05, 3.63) is 22.4 Å². The van der Waals surface area contributed by atoms with E-state index in [0.29, 0.717) is 16.2 Å². The molecular formula is C12H13BrN4. The topological polar surface area (TPSA) is 52.0 Å². The Morgan fingerprint density at radius 2 is 2.47 bits per heavy atom. The van der Waals surface area contributed by atoms with E-state index in [-0.39, 0.29) is 0 Å². The summed E-state index contributed by atoms with van der Waals surface area (Å²) in [4.78, 5) is 6.57. The molecule has 4 nitrogen and oxygen atoms in total. The van der Waals surface area contributed by atoms with Gasteiger partial charge < -0.3 is 10.2 Å². The first-order chi connectivity index (χ1) is 8.29. The minimum Gasteiger partial charge on any atom is -0.365 e. The molecular weight excluding hydrogens is 280 g/mol. The van der Waals surface area contributed by atoms with Gasteiger partial charge in [0.05, 0.1) is 17.4 Å². The zero-order valence-electron chi connectivity index (χ0n) is 9.36. The lowest BCUT2D eigenvalue weighted by molar-refractivity contribution is 0.229. The Kier molecular flexibility index (Phi) is 2.77. The largest absolute Gasteiger partial charge is 0.365 e. The van der Waals surface area contributed by atoms with E-state index in [2.05, 4.69) is 37.2 Å². The minimum absolute atomic E-state index is 0.582. The molecule has 0 radical (unpaired) electrons. The normalized spacial score (nSPS) is 26.9. The van der Waals surface area contributed by atoms with Gasteiger partial charge in [0, 0.05) is 19.1 Å². The third-order valence-electron chi connectivity index (χ3n) is 3.70. The molecule has 2 aliphatic heterocycles. The Morgan fingerprint density at radius 1 is 1.59 bits per heavy atom. The molecule has 0 aromatic carbocycles. The zero-order valence-corrected chi connectivity index (χ0v) is 10.9. The highest BCUT2D eigenvalue weighted by Crippen LogP contribution is 2.34. The van der Waals surface area contributed by atoms with Crippen LogP contribution < -0.4 is 10.2 Å². The molecule has 0 amide bonds. The number of fused-ring (bicyclic) bond motifs is 1. The van der Waals surface area contributed by atoms with Gasteiger partial charge in [-0.3, -0.25) is 0 Å². The Hall–Kier alpha value is -1.12. The lowest BCUT2D eigenvalue weighted by atomic mass is 9.83. The first-order valence-corrected chi connectivity index (χ1v) is 6.62. The number of piperidine rings is 1. The van der Waals surface area contributed by atoms with Crippen LogP contribution in [0.2, 0.25) is 0 Å². The second-order valence-corrected chi connectivity index (χ2v) is 5.37. The van der Waals surface area contributed by atoms with E-state index < -0.39 is 0 Å². The fourth-order valence-electron chi connectivity index (χ4n) is 2.69. The summed E-state index contributed by atoms with van der Waals surface area (Å²) >= 11 is 3.28. The number of halogens is 1. The zero-order chi connectivity index (χ0) is 11.8. The maximum absolute atomic E-state index is 9.00. The van der Waals surface area contributed by atoms with Crippen LogP contribution in [0.15, 0.2) is 16.9 Å². The summed E-state index contributed by atoms with van der Waals surface area (Å²) in [5.74, 6) is 0.811. The van der Waals surface area contributed by atoms with Crippen molar-refractivity contribution in [2.75, 3.05) is 24.5 Å². The fourth-order valence-corrected chi connectivity index (χ4v) is 3.00. The summed E-state index contributed by atoms with van der Waals surface area (Å²) in [7, 11) is 0. The molecule has 0 unspecified atom stereocenters. The first kappa shape index (κ1) is 11.0. The number of rotatable bonds is 1. The maximum atomic E-state index is 9.00. The van der Waals surface area contributed by atoms with Crippen LogP contribution in [0, 0.1) is 17.2 Å². The average molecular weight is 293 g/mol. The molecule has 0 aliphatic carbocycles. The Balaban J connectivity index is 1.84. The van der Waals surface area contributed by atoms with Gasteiger partial charge in [-0.15, -0.1) is 0 Å². The SMILES string of the molecule is N#Cc1cc(N2C[C@H]3CCNC[C@H]32)cnc1Br. The van der Waals surface area contributed by atoms with Crippen LogP contribution in [0.25, 0.3) is 0 Å². The minimum atomic E-state index is 0.582. The number of nitrogens with one attached hydrogen (secondary N) is 1. The van der Waals surface area contributed by atoms with Gasteiger partial charge in [0.1, 0.15) is 10.7 Å². The number of hydrogen-bond acceptors (Lipinski definition) is 4. The van der Waals surface area contributed by atoms with Crippen LogP contribution >= 0.6 is 15.9 Å². The van der Waals surface area contributed by atoms with Crippen LogP contribution in [0.1, 0.15) is 12.0 Å². The van der Waals surface area contributed by atoms with E-state index in [4.69, 9.17) is 5.26 Å². The Bertz CT molecular complexity index is 482. The summed E-state index contributed by atoms with van der Waals surface area (Å²) in [5.41, 5.74) is 1.67. The molecule has 0 spiro atoms. The number of pyridine rings is 1. The summed E-state index contributed by atoms with van der Waals surface area (Å²) in [6.07, 6.45) is 3.10. The molecule has 2 fully saturated rings. The number of hydrogen-bond donors (Lipinski definition) is 1. The van der Waals surface area contributed by atoms with Gasteiger partial charge in [0.15, 0.2) is 0 Å². The summed E-state index contributed by atoms with van der Waals surface area (Å²) in [5, 5.41) is 12.4. The molecule has 0 saturated carbocycles. The van der Waals surface area contributed by atoms with Crippen LogP contribution in [0.4, 0.5) is 5.69 Å². The highest BCUT2D eigenvalue weighted by Gasteiger charge is 2.40. The lowest BCUT2D eigenvalue weighted by Crippen LogP contribution is -2.63. The van der Waals surface area contributed by atoms with Crippen LogP contribution in [-0.2, 0) is 0 Å². The highest BCUT2D eigenvalue weighted by atomic mass is 79.9. The molecule has 0 bridgehead atoms. The van der Waals surface area contributed by atoms with Gasteiger partial charge in [-0.25, -0.2) is 4.98 Å². The molecule has 88 valence electrons. The summed E-state index contributed by atoms with van der Waals surface area (Å²) < 4.78 is 0.627. The van der Waals surface area contributed by atoms with Crippen LogP contribution in [0.3, 0.4) is 0 Å². The van der Waals surface area contributed by atoms with E-state index >= 15 is 0 Å². The Labute approximate surface area is 109 Å². The van der Waals surface area contributed by atoms with Crippen molar-refractivity contribution in [3.8, 4) is 6.07 Å². The van der Waals surface area contributed by atoms with Crippen LogP contribution in [0.5, 0.6) is 0 Å². The number of nitrogens with zero attached hydrogens (tertiary/aromatic N) is 3. The molecule has 2 saturated heterocycles. The van der Waals surface area contributed by atoms with E-state index in [1.54, 1.807) is 0 Å². The van der Waals surface area contributed by atoms with Crippen molar-refractivity contribution in [1.29, 1.82) is 5.26 Å². The fraction of sp³-hybridized carbons (Fsp3) is 0.500. The molecule has 1 aromatic rings. The van der Waals surface area contributed by atoms with Crippen molar-refractivity contribution < 1.29 is 0 Å². The smallest absolute Gasteiger partial charge is 0.123 e. The molecule has 1 aromatic heterocycles. The van der Waals surface area contributed by atoms with E-state index in [9.17, 15) is 0 Å². The van der Waals surface area contributed by atoms with Crippen molar-refractivity contribution >= 4 is 21.6 Å². The third-order valence-corrected chi connectivity index (χ3v) is 4.33. The summed E-state index contributed by atoms with van der Waals surface area (Å²) in [6, 6.07) is 4.66. The second-order valence-electron chi connectivity index (χ2n) is 4.62. The molecule has 3 rings (SSSR count). The molecule has 2 atom stereocenters. The maximum Gasteiger partial charge on any atom is 0.123 e. The van der Waals surface area contributed by atoms with Gasteiger partial charge in [-0.05, 0) is 40.9 Å². The average Bonchev–Trinajstić information content (AvgIpc) is 2.33. The number of anilines is 1. The van der Waals surface area contributed by atoms with Gasteiger partial charge >= 0.3 is 0 Å². The standard InChI is InChI=1S/C12H13BrN4/c13-12-9(4-14)3-10(5-16-12)17-7-8-1-2-15-6-11(8)17/h3,5,8,11,15H,1-2,6-7H2/t8-,11-/m1/s1. The van der Waals surface area contributed by atoms with Crippen molar-refractivity contribution in [1.82, 2.24) is 10.3 Å². The van der Waals surface area contributed by atoms with Gasteiger partial charge in [-0.1, -0.05) is 0 Å². The molecule has 17 heavy (non-hydrogen) atoms. The number of aromatic nitrogens is 1. The highest BCUT2D eigenvalue weighted by molar-refractivity contribution is 9.10. The predicted octanol–water partition coefficient (Wildman–Crippen LogP) is 1.51. The van der Waals surface area contributed by atoms with Gasteiger partial charge in [-0.2, -0.15) is 5.26 Å². The van der Waals surface area contributed by atoms with Gasteiger partial charge in [0.2, 0.25) is 0 Å². The number of nitriles is 1. The first-order valence-electron chi connectivity index (χ1n) is 5.82. The Morgan fingerprint density at radius 3 is 3.24 bits per heavy atom. The van der Waals surface area contributed by atoms with Gasteiger partial charge in [0.25, 0.3) is 0 Å². The molecule has 1 N–H and O–H groups in total. The second kappa shape index (κ2) is 4.28. The monoisotopic (exact) mass is 292 g/mol. The van der Waals surface area contributed by atoms with Crippen molar-refractivity contribution in [3.63, 3.8) is 0 Å². The van der Waals surface area contributed by atoms with Crippen molar-refractivity contribution in [2.45, 2.75) is 12.5 Å². The van der Waals surface area contributed by atoms with Crippen LogP contribution in [-0.4, -0.2) is 30.7 Å². The molecule has 2 aliphatic rings. The predicted molar refractivity (Wildman–Crippen MR) is 68.8 cm³/mol. The molecule has 3 heterocycles. The van der Waals surface area contributed by atoms with Crippen molar-refractivity contribution in [2.24, 2.45) is 5.92 Å². The van der Waals surface area contributed by atoms with E-state index in [1.165, 1.54) is 6.42 Å². The quantitative estimate of drug-likeness (QED) is 0.798. The third kappa shape index (κ3) is 1.81.